The van der Waals surface area contributed by atoms with Crippen molar-refractivity contribution in [1.29, 1.82) is 0 Å². The Balaban J connectivity index is 2.00. The van der Waals surface area contributed by atoms with Crippen molar-refractivity contribution in [2.75, 3.05) is 11.9 Å². The number of para-hydroxylation sites is 1. The van der Waals surface area contributed by atoms with Crippen molar-refractivity contribution in [1.82, 2.24) is 5.32 Å². The van der Waals surface area contributed by atoms with Crippen LogP contribution in [0.3, 0.4) is 0 Å². The Hall–Kier alpha value is -2.31. The summed E-state index contributed by atoms with van der Waals surface area (Å²) in [5.41, 5.74) is 0.214. The van der Waals surface area contributed by atoms with Gasteiger partial charge in [0.25, 0.3) is 5.91 Å². The van der Waals surface area contributed by atoms with Gasteiger partial charge in [0.15, 0.2) is 0 Å². The van der Waals surface area contributed by atoms with Crippen LogP contribution >= 0.6 is 0 Å². The third-order valence-corrected chi connectivity index (χ3v) is 3.46. The molecule has 0 fully saturated rings. The molecule has 0 radical (unpaired) electrons. The largest absolute Gasteiger partial charge is 0.405 e. The standard InChI is InChI=1S/C16H17F3N2O2/c17-16(18,19)10-20-15(23)12-7-3-4-8-13(12)21-14(22)9-11-5-1-2-6-11/h1,3-5,7-8,11H,2,6,9-10H2,(H,20,23)(H,21,22)/t11-/m1/s1. The molecule has 0 unspecified atom stereocenters. The van der Waals surface area contributed by atoms with E-state index < -0.39 is 18.6 Å². The molecular formula is C16H17F3N2O2. The van der Waals surface area contributed by atoms with E-state index in [1.165, 1.54) is 18.2 Å². The summed E-state index contributed by atoms with van der Waals surface area (Å²) < 4.78 is 36.5. The smallest absolute Gasteiger partial charge is 0.343 e. The summed E-state index contributed by atoms with van der Waals surface area (Å²) in [5, 5.41) is 4.40. The quantitative estimate of drug-likeness (QED) is 0.816. The molecule has 0 saturated heterocycles. The first kappa shape index (κ1) is 17.1. The van der Waals surface area contributed by atoms with Gasteiger partial charge in [0, 0.05) is 6.42 Å². The number of amides is 2. The van der Waals surface area contributed by atoms with E-state index in [0.29, 0.717) is 0 Å². The fourth-order valence-corrected chi connectivity index (χ4v) is 2.37. The van der Waals surface area contributed by atoms with E-state index in [1.807, 2.05) is 12.2 Å². The van der Waals surface area contributed by atoms with Crippen LogP contribution < -0.4 is 10.6 Å². The van der Waals surface area contributed by atoms with Crippen LogP contribution in [0.1, 0.15) is 29.6 Å². The lowest BCUT2D eigenvalue weighted by atomic mass is 10.0. The number of alkyl halides is 3. The van der Waals surface area contributed by atoms with Crippen LogP contribution in [-0.4, -0.2) is 24.5 Å². The Kier molecular flexibility index (Phi) is 5.41. The van der Waals surface area contributed by atoms with Gasteiger partial charge in [-0.15, -0.1) is 0 Å². The maximum atomic E-state index is 12.2. The van der Waals surface area contributed by atoms with Gasteiger partial charge < -0.3 is 10.6 Å². The SMILES string of the molecule is O=C(C[C@@H]1C=CCC1)Nc1ccccc1C(=O)NCC(F)(F)F. The van der Waals surface area contributed by atoms with Crippen molar-refractivity contribution in [2.45, 2.75) is 25.4 Å². The Morgan fingerprint density at radius 2 is 1.96 bits per heavy atom. The van der Waals surface area contributed by atoms with E-state index in [0.717, 1.165) is 12.8 Å². The van der Waals surface area contributed by atoms with Gasteiger partial charge in [0.1, 0.15) is 6.54 Å². The summed E-state index contributed by atoms with van der Waals surface area (Å²) in [6, 6.07) is 5.99. The minimum absolute atomic E-state index is 0.00654. The zero-order valence-corrected chi connectivity index (χ0v) is 12.3. The molecular weight excluding hydrogens is 309 g/mol. The fraction of sp³-hybridized carbons (Fsp3) is 0.375. The van der Waals surface area contributed by atoms with E-state index in [2.05, 4.69) is 5.32 Å². The number of benzene rings is 1. The molecule has 1 aliphatic rings. The minimum Gasteiger partial charge on any atom is -0.343 e. The van der Waals surface area contributed by atoms with Crippen molar-refractivity contribution in [3.05, 3.63) is 42.0 Å². The molecule has 0 heterocycles. The first-order valence-electron chi connectivity index (χ1n) is 7.25. The van der Waals surface area contributed by atoms with Crippen molar-refractivity contribution in [2.24, 2.45) is 5.92 Å². The lowest BCUT2D eigenvalue weighted by Crippen LogP contribution is -2.34. The third-order valence-electron chi connectivity index (χ3n) is 3.46. The Morgan fingerprint density at radius 3 is 2.61 bits per heavy atom. The molecule has 1 aromatic carbocycles. The number of hydrogen-bond donors (Lipinski definition) is 2. The highest BCUT2D eigenvalue weighted by molar-refractivity contribution is 6.03. The molecule has 4 nitrogen and oxygen atoms in total. The maximum Gasteiger partial charge on any atom is 0.405 e. The molecule has 0 bridgehead atoms. The van der Waals surface area contributed by atoms with Gasteiger partial charge in [-0.3, -0.25) is 9.59 Å². The summed E-state index contributed by atoms with van der Waals surface area (Å²) in [6.45, 7) is -1.42. The number of hydrogen-bond acceptors (Lipinski definition) is 2. The second-order valence-corrected chi connectivity index (χ2v) is 5.36. The predicted octanol–water partition coefficient (Wildman–Crippen LogP) is 3.27. The maximum absolute atomic E-state index is 12.2. The fourth-order valence-electron chi connectivity index (χ4n) is 2.37. The van der Waals surface area contributed by atoms with Gasteiger partial charge in [-0.25, -0.2) is 0 Å². The minimum atomic E-state index is -4.48. The molecule has 0 saturated carbocycles. The number of allylic oxidation sites excluding steroid dienone is 2. The molecule has 0 aliphatic heterocycles. The summed E-state index contributed by atoms with van der Waals surface area (Å²) in [6.07, 6.45) is 1.63. The Morgan fingerprint density at radius 1 is 1.22 bits per heavy atom. The van der Waals surface area contributed by atoms with E-state index in [9.17, 15) is 22.8 Å². The van der Waals surface area contributed by atoms with Crippen molar-refractivity contribution in [3.8, 4) is 0 Å². The number of rotatable bonds is 5. The predicted molar refractivity (Wildman–Crippen MR) is 79.9 cm³/mol. The molecule has 7 heteroatoms. The average molecular weight is 326 g/mol. The van der Waals surface area contributed by atoms with Crippen molar-refractivity contribution in [3.63, 3.8) is 0 Å². The van der Waals surface area contributed by atoms with Crippen molar-refractivity contribution >= 4 is 17.5 Å². The number of halogens is 3. The van der Waals surface area contributed by atoms with Gasteiger partial charge in [-0.1, -0.05) is 24.3 Å². The molecule has 2 N–H and O–H groups in total. The number of nitrogens with one attached hydrogen (secondary N) is 2. The second-order valence-electron chi connectivity index (χ2n) is 5.36. The monoisotopic (exact) mass is 326 g/mol. The molecule has 1 atom stereocenters. The van der Waals surface area contributed by atoms with E-state index in [-0.39, 0.29) is 29.5 Å². The molecule has 1 aromatic rings. The third kappa shape index (κ3) is 5.43. The van der Waals surface area contributed by atoms with Crippen LogP contribution in [0.25, 0.3) is 0 Å². The van der Waals surface area contributed by atoms with Crippen molar-refractivity contribution < 1.29 is 22.8 Å². The highest BCUT2D eigenvalue weighted by atomic mass is 19.4. The molecule has 1 aliphatic carbocycles. The molecule has 23 heavy (non-hydrogen) atoms. The van der Waals surface area contributed by atoms with Crippen LogP contribution in [0.2, 0.25) is 0 Å². The summed E-state index contributed by atoms with van der Waals surface area (Å²) in [7, 11) is 0. The zero-order chi connectivity index (χ0) is 16.9. The first-order valence-corrected chi connectivity index (χ1v) is 7.25. The first-order chi connectivity index (χ1) is 10.8. The molecule has 0 aromatic heterocycles. The van der Waals surface area contributed by atoms with Crippen LogP contribution in [0.4, 0.5) is 18.9 Å². The van der Waals surface area contributed by atoms with E-state index in [4.69, 9.17) is 0 Å². The van der Waals surface area contributed by atoms with E-state index >= 15 is 0 Å². The number of carbonyl (C=O) groups excluding carboxylic acids is 2. The zero-order valence-electron chi connectivity index (χ0n) is 12.3. The van der Waals surface area contributed by atoms with E-state index in [1.54, 1.807) is 11.4 Å². The molecule has 0 spiro atoms. The lowest BCUT2D eigenvalue weighted by molar-refractivity contribution is -0.123. The highest BCUT2D eigenvalue weighted by Crippen LogP contribution is 2.22. The number of anilines is 1. The van der Waals surface area contributed by atoms with Gasteiger partial charge in [-0.05, 0) is 30.9 Å². The Labute approximate surface area is 131 Å². The lowest BCUT2D eigenvalue weighted by Gasteiger charge is -2.13. The van der Waals surface area contributed by atoms with Gasteiger partial charge in [0.05, 0.1) is 11.3 Å². The van der Waals surface area contributed by atoms with Crippen LogP contribution in [0.5, 0.6) is 0 Å². The molecule has 2 rings (SSSR count). The normalized spacial score (nSPS) is 17.1. The Bertz CT molecular complexity index is 612. The molecule has 124 valence electrons. The number of carbonyl (C=O) groups is 2. The average Bonchev–Trinajstić information content (AvgIpc) is 2.97. The summed E-state index contributed by atoms with van der Waals surface area (Å²) >= 11 is 0. The van der Waals surface area contributed by atoms with Gasteiger partial charge >= 0.3 is 6.18 Å². The molecule has 2 amide bonds. The van der Waals surface area contributed by atoms with Gasteiger partial charge in [-0.2, -0.15) is 13.2 Å². The second kappa shape index (κ2) is 7.30. The highest BCUT2D eigenvalue weighted by Gasteiger charge is 2.28. The summed E-state index contributed by atoms with van der Waals surface area (Å²) in [4.78, 5) is 23.9. The summed E-state index contributed by atoms with van der Waals surface area (Å²) in [5.74, 6) is -0.974. The van der Waals surface area contributed by atoms with Crippen LogP contribution in [0.15, 0.2) is 36.4 Å². The van der Waals surface area contributed by atoms with Crippen LogP contribution in [-0.2, 0) is 4.79 Å². The van der Waals surface area contributed by atoms with Crippen LogP contribution in [0, 0.1) is 5.92 Å². The topological polar surface area (TPSA) is 58.2 Å². The van der Waals surface area contributed by atoms with Gasteiger partial charge in [0.2, 0.25) is 5.91 Å².